The van der Waals surface area contributed by atoms with Crippen molar-refractivity contribution in [1.29, 1.82) is 0 Å². The van der Waals surface area contributed by atoms with E-state index in [-0.39, 0.29) is 0 Å². The van der Waals surface area contributed by atoms with Crippen LogP contribution in [0.3, 0.4) is 0 Å². The number of nitrogens with one attached hydrogen (secondary N) is 1. The van der Waals surface area contributed by atoms with Gasteiger partial charge in [-0.15, -0.1) is 0 Å². The molecule has 1 unspecified atom stereocenters. The third-order valence-electron chi connectivity index (χ3n) is 4.17. The Bertz CT molecular complexity index is 392. The Morgan fingerprint density at radius 2 is 2.15 bits per heavy atom. The van der Waals surface area contributed by atoms with Crippen LogP contribution in [0.4, 0.5) is 5.82 Å². The Kier molecular flexibility index (Phi) is 6.31. The molecule has 1 fully saturated rings. The van der Waals surface area contributed by atoms with Gasteiger partial charge in [-0.3, -0.25) is 0 Å². The summed E-state index contributed by atoms with van der Waals surface area (Å²) in [6, 6.07) is 7.13. The molecule has 1 aromatic heterocycles. The van der Waals surface area contributed by atoms with Gasteiger partial charge in [-0.05, 0) is 44.4 Å². The van der Waals surface area contributed by atoms with E-state index in [2.05, 4.69) is 42.3 Å². The van der Waals surface area contributed by atoms with E-state index < -0.39 is 0 Å². The predicted molar refractivity (Wildman–Crippen MR) is 86.1 cm³/mol. The topological polar surface area (TPSA) is 28.2 Å². The van der Waals surface area contributed by atoms with E-state index in [4.69, 9.17) is 4.98 Å². The zero-order valence-electron chi connectivity index (χ0n) is 13.1. The molecule has 0 aromatic carbocycles. The molecule has 1 aliphatic heterocycles. The van der Waals surface area contributed by atoms with Crippen LogP contribution in [0.2, 0.25) is 0 Å². The van der Waals surface area contributed by atoms with E-state index in [1.807, 2.05) is 0 Å². The number of hydrogen-bond donors (Lipinski definition) is 1. The monoisotopic (exact) mass is 275 g/mol. The predicted octanol–water partition coefficient (Wildman–Crippen LogP) is 3.74. The number of nitrogens with zero attached hydrogens (tertiary/aromatic N) is 2. The first-order valence-corrected chi connectivity index (χ1v) is 8.28. The Morgan fingerprint density at radius 3 is 2.95 bits per heavy atom. The van der Waals surface area contributed by atoms with Gasteiger partial charge in [0.2, 0.25) is 0 Å². The van der Waals surface area contributed by atoms with E-state index >= 15 is 0 Å². The molecule has 0 aliphatic carbocycles. The third-order valence-corrected chi connectivity index (χ3v) is 4.17. The lowest BCUT2D eigenvalue weighted by Crippen LogP contribution is -2.35. The quantitative estimate of drug-likeness (QED) is 0.802. The van der Waals surface area contributed by atoms with E-state index in [1.165, 1.54) is 44.3 Å². The van der Waals surface area contributed by atoms with Crippen molar-refractivity contribution in [3.8, 4) is 0 Å². The van der Waals surface area contributed by atoms with Crippen molar-refractivity contribution >= 4 is 5.82 Å². The van der Waals surface area contributed by atoms with Crippen LogP contribution in [-0.4, -0.2) is 24.1 Å². The van der Waals surface area contributed by atoms with Crippen molar-refractivity contribution in [3.63, 3.8) is 0 Å². The van der Waals surface area contributed by atoms with Crippen LogP contribution in [0.5, 0.6) is 0 Å². The number of aromatic nitrogens is 1. The minimum absolute atomic E-state index is 0.670. The first kappa shape index (κ1) is 15.3. The van der Waals surface area contributed by atoms with Crippen LogP contribution >= 0.6 is 0 Å². The summed E-state index contributed by atoms with van der Waals surface area (Å²) in [6.45, 7) is 7.60. The van der Waals surface area contributed by atoms with Crippen molar-refractivity contribution in [2.45, 2.75) is 65.0 Å². The Morgan fingerprint density at radius 1 is 1.25 bits per heavy atom. The van der Waals surface area contributed by atoms with Crippen molar-refractivity contribution in [1.82, 2.24) is 10.3 Å². The van der Waals surface area contributed by atoms with E-state index in [9.17, 15) is 0 Å². The van der Waals surface area contributed by atoms with Gasteiger partial charge < -0.3 is 10.2 Å². The summed E-state index contributed by atoms with van der Waals surface area (Å²) in [6.07, 6.45) is 7.74. The maximum absolute atomic E-state index is 4.87. The molecule has 0 radical (unpaired) electrons. The van der Waals surface area contributed by atoms with Crippen LogP contribution in [0, 0.1) is 0 Å². The van der Waals surface area contributed by atoms with Gasteiger partial charge in [-0.1, -0.05) is 32.8 Å². The molecule has 1 atom stereocenters. The van der Waals surface area contributed by atoms with Crippen molar-refractivity contribution in [2.75, 3.05) is 18.0 Å². The number of rotatable bonds is 6. The van der Waals surface area contributed by atoms with E-state index in [1.54, 1.807) is 0 Å². The first-order valence-electron chi connectivity index (χ1n) is 8.28. The summed E-state index contributed by atoms with van der Waals surface area (Å²) in [5.74, 6) is 1.18. The van der Waals surface area contributed by atoms with E-state index in [0.29, 0.717) is 6.04 Å². The first-order chi connectivity index (χ1) is 9.85. The molecule has 1 aromatic rings. The van der Waals surface area contributed by atoms with Crippen molar-refractivity contribution < 1.29 is 0 Å². The summed E-state index contributed by atoms with van der Waals surface area (Å²) in [5.41, 5.74) is 1.16. The molecule has 0 spiro atoms. The highest BCUT2D eigenvalue weighted by Crippen LogP contribution is 2.24. The fraction of sp³-hybridized carbons (Fsp3) is 0.706. The standard InChI is InChI=1S/C17H29N3/c1-3-12-18-14-15-9-8-11-17(19-15)20-13-7-5-6-10-16(20)4-2/h8-9,11,16,18H,3-7,10,12-14H2,1-2H3. The lowest BCUT2D eigenvalue weighted by molar-refractivity contribution is 0.551. The second kappa shape index (κ2) is 8.25. The Balaban J connectivity index is 2.07. The summed E-state index contributed by atoms with van der Waals surface area (Å²) in [4.78, 5) is 7.41. The minimum Gasteiger partial charge on any atom is -0.354 e. The maximum atomic E-state index is 4.87. The van der Waals surface area contributed by atoms with Gasteiger partial charge in [-0.2, -0.15) is 0 Å². The lowest BCUT2D eigenvalue weighted by Gasteiger charge is -2.30. The average molecular weight is 275 g/mol. The molecule has 2 heterocycles. The number of pyridine rings is 1. The molecule has 2 rings (SSSR count). The fourth-order valence-corrected chi connectivity index (χ4v) is 3.02. The number of hydrogen-bond acceptors (Lipinski definition) is 3. The van der Waals surface area contributed by atoms with Gasteiger partial charge in [0.1, 0.15) is 5.82 Å². The highest BCUT2D eigenvalue weighted by atomic mass is 15.2. The second-order valence-electron chi connectivity index (χ2n) is 5.77. The summed E-state index contributed by atoms with van der Waals surface area (Å²) >= 11 is 0. The van der Waals surface area contributed by atoms with Gasteiger partial charge in [0, 0.05) is 19.1 Å². The highest BCUT2D eigenvalue weighted by Gasteiger charge is 2.20. The van der Waals surface area contributed by atoms with Crippen LogP contribution in [0.1, 0.15) is 58.1 Å². The normalized spacial score (nSPS) is 19.9. The van der Waals surface area contributed by atoms with Gasteiger partial charge >= 0.3 is 0 Å². The van der Waals surface area contributed by atoms with Crippen LogP contribution < -0.4 is 10.2 Å². The van der Waals surface area contributed by atoms with Gasteiger partial charge in [0.25, 0.3) is 0 Å². The molecule has 3 nitrogen and oxygen atoms in total. The molecule has 0 amide bonds. The smallest absolute Gasteiger partial charge is 0.129 e. The van der Waals surface area contributed by atoms with Crippen LogP contribution in [0.25, 0.3) is 0 Å². The molecule has 1 N–H and O–H groups in total. The molecular weight excluding hydrogens is 246 g/mol. The van der Waals surface area contributed by atoms with Crippen molar-refractivity contribution in [3.05, 3.63) is 23.9 Å². The lowest BCUT2D eigenvalue weighted by atomic mass is 10.1. The molecule has 0 saturated carbocycles. The summed E-state index contributed by atoms with van der Waals surface area (Å²) < 4.78 is 0. The molecule has 20 heavy (non-hydrogen) atoms. The molecule has 0 bridgehead atoms. The van der Waals surface area contributed by atoms with Gasteiger partial charge in [0.05, 0.1) is 5.69 Å². The fourth-order valence-electron chi connectivity index (χ4n) is 3.02. The number of anilines is 1. The summed E-state index contributed by atoms with van der Waals surface area (Å²) in [5, 5.41) is 3.44. The Hall–Kier alpha value is -1.09. The SMILES string of the molecule is CCCNCc1cccc(N2CCCCCC2CC)n1. The molecular formula is C17H29N3. The summed E-state index contributed by atoms with van der Waals surface area (Å²) in [7, 11) is 0. The molecule has 1 aliphatic rings. The highest BCUT2D eigenvalue weighted by molar-refractivity contribution is 5.40. The zero-order chi connectivity index (χ0) is 14.2. The van der Waals surface area contributed by atoms with Crippen LogP contribution in [-0.2, 0) is 6.54 Å². The minimum atomic E-state index is 0.670. The second-order valence-corrected chi connectivity index (χ2v) is 5.77. The molecule has 112 valence electrons. The Labute approximate surface area is 123 Å². The van der Waals surface area contributed by atoms with Gasteiger partial charge in [0.15, 0.2) is 0 Å². The average Bonchev–Trinajstić information content (AvgIpc) is 2.73. The third kappa shape index (κ3) is 4.20. The molecule has 3 heteroatoms. The van der Waals surface area contributed by atoms with E-state index in [0.717, 1.165) is 25.3 Å². The molecule has 1 saturated heterocycles. The zero-order valence-corrected chi connectivity index (χ0v) is 13.1. The largest absolute Gasteiger partial charge is 0.354 e. The maximum Gasteiger partial charge on any atom is 0.129 e. The van der Waals surface area contributed by atoms with Crippen molar-refractivity contribution in [2.24, 2.45) is 0 Å². The van der Waals surface area contributed by atoms with Crippen LogP contribution in [0.15, 0.2) is 18.2 Å². The van der Waals surface area contributed by atoms with Gasteiger partial charge in [-0.25, -0.2) is 4.98 Å².